The van der Waals surface area contributed by atoms with Crippen LogP contribution in [0.5, 0.6) is 0 Å². The summed E-state index contributed by atoms with van der Waals surface area (Å²) in [5, 5.41) is 3.72. The molecular weight excluding hydrogens is 294 g/mol. The molecule has 0 saturated carbocycles. The van der Waals surface area contributed by atoms with Crippen LogP contribution in [0.4, 0.5) is 11.5 Å². The molecule has 0 atom stereocenters. The largest absolute Gasteiger partial charge is 0.340 e. The molecule has 0 bridgehead atoms. The van der Waals surface area contributed by atoms with Gasteiger partial charge in [0.25, 0.3) is 0 Å². The van der Waals surface area contributed by atoms with Crippen molar-refractivity contribution < 1.29 is 0 Å². The Morgan fingerprint density at radius 2 is 1.55 bits per heavy atom. The summed E-state index contributed by atoms with van der Waals surface area (Å²) in [5.74, 6) is 1.30. The van der Waals surface area contributed by atoms with E-state index in [-0.39, 0.29) is 0 Å². The lowest BCUT2D eigenvalue weighted by Gasteiger charge is -2.10. The van der Waals surface area contributed by atoms with Gasteiger partial charge in [0, 0.05) is 17.3 Å². The molecule has 3 rings (SSSR count). The number of anilines is 2. The van der Waals surface area contributed by atoms with Crippen LogP contribution in [0.3, 0.4) is 0 Å². The molecule has 0 amide bonds. The van der Waals surface area contributed by atoms with Gasteiger partial charge in [0.15, 0.2) is 5.82 Å². The minimum atomic E-state index is 0.417. The van der Waals surface area contributed by atoms with Gasteiger partial charge in [-0.1, -0.05) is 48.0 Å². The van der Waals surface area contributed by atoms with Crippen LogP contribution in [0.2, 0.25) is 5.15 Å². The van der Waals surface area contributed by atoms with Crippen LogP contribution < -0.4 is 5.32 Å². The van der Waals surface area contributed by atoms with Crippen molar-refractivity contribution in [1.29, 1.82) is 0 Å². The van der Waals surface area contributed by atoms with E-state index in [9.17, 15) is 0 Å². The summed E-state index contributed by atoms with van der Waals surface area (Å²) in [6.07, 6.45) is 0. The SMILES string of the molecule is Cc1cc(C)cc(Nc2cc(Cl)nc(-c3ccccc3)n2)c1. The number of aromatic nitrogens is 2. The van der Waals surface area contributed by atoms with Gasteiger partial charge in [-0.05, 0) is 37.1 Å². The van der Waals surface area contributed by atoms with E-state index in [1.54, 1.807) is 6.07 Å². The molecule has 0 radical (unpaired) electrons. The third-order valence-electron chi connectivity index (χ3n) is 3.22. The van der Waals surface area contributed by atoms with Crippen molar-refractivity contribution in [1.82, 2.24) is 9.97 Å². The van der Waals surface area contributed by atoms with Gasteiger partial charge in [-0.3, -0.25) is 0 Å². The molecule has 0 saturated heterocycles. The first-order chi connectivity index (χ1) is 10.6. The first-order valence-corrected chi connectivity index (χ1v) is 7.43. The second kappa shape index (κ2) is 6.16. The van der Waals surface area contributed by atoms with Crippen molar-refractivity contribution in [3.05, 3.63) is 70.9 Å². The molecule has 3 aromatic rings. The molecule has 0 fully saturated rings. The number of hydrogen-bond acceptors (Lipinski definition) is 3. The lowest BCUT2D eigenvalue weighted by molar-refractivity contribution is 1.17. The van der Waals surface area contributed by atoms with Crippen molar-refractivity contribution in [2.24, 2.45) is 0 Å². The van der Waals surface area contributed by atoms with Crippen LogP contribution in [0.15, 0.2) is 54.6 Å². The number of benzene rings is 2. The fourth-order valence-corrected chi connectivity index (χ4v) is 2.58. The smallest absolute Gasteiger partial charge is 0.163 e. The first kappa shape index (κ1) is 14.5. The van der Waals surface area contributed by atoms with Crippen molar-refractivity contribution in [2.45, 2.75) is 13.8 Å². The Morgan fingerprint density at radius 3 is 2.23 bits per heavy atom. The maximum absolute atomic E-state index is 6.14. The molecule has 1 N–H and O–H groups in total. The molecule has 0 aliphatic rings. The van der Waals surface area contributed by atoms with Crippen molar-refractivity contribution in [3.63, 3.8) is 0 Å². The average Bonchev–Trinajstić information content (AvgIpc) is 2.46. The Labute approximate surface area is 135 Å². The average molecular weight is 310 g/mol. The van der Waals surface area contributed by atoms with Gasteiger partial charge in [-0.15, -0.1) is 0 Å². The van der Waals surface area contributed by atoms with Crippen LogP contribution in [-0.4, -0.2) is 9.97 Å². The Morgan fingerprint density at radius 1 is 0.864 bits per heavy atom. The van der Waals surface area contributed by atoms with E-state index in [0.29, 0.717) is 16.8 Å². The second-order valence-electron chi connectivity index (χ2n) is 5.27. The van der Waals surface area contributed by atoms with Crippen molar-refractivity contribution in [3.8, 4) is 11.4 Å². The van der Waals surface area contributed by atoms with Gasteiger partial charge < -0.3 is 5.32 Å². The zero-order valence-corrected chi connectivity index (χ0v) is 13.2. The summed E-state index contributed by atoms with van der Waals surface area (Å²) in [6.45, 7) is 4.14. The van der Waals surface area contributed by atoms with E-state index >= 15 is 0 Å². The summed E-state index contributed by atoms with van der Waals surface area (Å²) in [4.78, 5) is 8.85. The number of rotatable bonds is 3. The predicted octanol–water partition coefficient (Wildman–Crippen LogP) is 5.16. The van der Waals surface area contributed by atoms with Gasteiger partial charge in [0.05, 0.1) is 0 Å². The van der Waals surface area contributed by atoms with E-state index in [1.807, 2.05) is 30.3 Å². The van der Waals surface area contributed by atoms with Crippen LogP contribution in [0.1, 0.15) is 11.1 Å². The predicted molar refractivity (Wildman–Crippen MR) is 91.7 cm³/mol. The van der Waals surface area contributed by atoms with E-state index in [2.05, 4.69) is 47.3 Å². The van der Waals surface area contributed by atoms with E-state index in [0.717, 1.165) is 11.3 Å². The highest BCUT2D eigenvalue weighted by molar-refractivity contribution is 6.29. The highest BCUT2D eigenvalue weighted by Crippen LogP contribution is 2.23. The van der Waals surface area contributed by atoms with Crippen molar-refractivity contribution >= 4 is 23.1 Å². The Kier molecular flexibility index (Phi) is 4.07. The summed E-state index contributed by atoms with van der Waals surface area (Å²) in [6, 6.07) is 17.8. The van der Waals surface area contributed by atoms with E-state index in [4.69, 9.17) is 11.6 Å². The number of hydrogen-bond donors (Lipinski definition) is 1. The molecule has 2 aromatic carbocycles. The Hall–Kier alpha value is -2.39. The molecular formula is C18H16ClN3. The van der Waals surface area contributed by atoms with Crippen LogP contribution in [0.25, 0.3) is 11.4 Å². The Balaban J connectivity index is 1.96. The topological polar surface area (TPSA) is 37.8 Å². The number of nitrogens with zero attached hydrogens (tertiary/aromatic N) is 2. The number of halogens is 1. The molecule has 22 heavy (non-hydrogen) atoms. The quantitative estimate of drug-likeness (QED) is 0.679. The molecule has 0 aliphatic carbocycles. The van der Waals surface area contributed by atoms with Crippen LogP contribution in [-0.2, 0) is 0 Å². The summed E-state index contributed by atoms with van der Waals surface area (Å²) in [5.41, 5.74) is 4.33. The summed E-state index contributed by atoms with van der Waals surface area (Å²) < 4.78 is 0. The molecule has 1 aromatic heterocycles. The van der Waals surface area contributed by atoms with Gasteiger partial charge >= 0.3 is 0 Å². The van der Waals surface area contributed by atoms with E-state index < -0.39 is 0 Å². The molecule has 3 nitrogen and oxygen atoms in total. The third kappa shape index (κ3) is 3.43. The van der Waals surface area contributed by atoms with Crippen LogP contribution in [0, 0.1) is 13.8 Å². The maximum atomic E-state index is 6.14. The molecule has 0 aliphatic heterocycles. The van der Waals surface area contributed by atoms with E-state index in [1.165, 1.54) is 11.1 Å². The lowest BCUT2D eigenvalue weighted by Crippen LogP contribution is -1.98. The minimum Gasteiger partial charge on any atom is -0.340 e. The molecule has 1 heterocycles. The van der Waals surface area contributed by atoms with Crippen molar-refractivity contribution in [2.75, 3.05) is 5.32 Å². The maximum Gasteiger partial charge on any atom is 0.163 e. The first-order valence-electron chi connectivity index (χ1n) is 7.05. The number of nitrogens with one attached hydrogen (secondary N) is 1. The van der Waals surface area contributed by atoms with Gasteiger partial charge in [0.2, 0.25) is 0 Å². The van der Waals surface area contributed by atoms with Gasteiger partial charge in [0.1, 0.15) is 11.0 Å². The van der Waals surface area contributed by atoms with Gasteiger partial charge in [-0.2, -0.15) is 0 Å². The fourth-order valence-electron chi connectivity index (χ4n) is 2.39. The monoisotopic (exact) mass is 309 g/mol. The minimum absolute atomic E-state index is 0.417. The standard InChI is InChI=1S/C18H16ClN3/c1-12-8-13(2)10-15(9-12)20-17-11-16(19)21-18(22-17)14-6-4-3-5-7-14/h3-11H,1-2H3,(H,20,21,22). The number of aryl methyl sites for hydroxylation is 2. The molecule has 0 spiro atoms. The van der Waals surface area contributed by atoms with Crippen LogP contribution >= 0.6 is 11.6 Å². The summed E-state index contributed by atoms with van der Waals surface area (Å²) >= 11 is 6.14. The van der Waals surface area contributed by atoms with Gasteiger partial charge in [-0.25, -0.2) is 9.97 Å². The Bertz CT molecular complexity index is 780. The molecule has 110 valence electrons. The molecule has 4 heteroatoms. The summed E-state index contributed by atoms with van der Waals surface area (Å²) in [7, 11) is 0. The molecule has 0 unspecified atom stereocenters. The zero-order valence-electron chi connectivity index (χ0n) is 12.5. The normalized spacial score (nSPS) is 10.5. The highest BCUT2D eigenvalue weighted by atomic mass is 35.5. The lowest BCUT2D eigenvalue weighted by atomic mass is 10.1. The fraction of sp³-hybridized carbons (Fsp3) is 0.111. The second-order valence-corrected chi connectivity index (χ2v) is 5.65. The third-order valence-corrected chi connectivity index (χ3v) is 3.41. The highest BCUT2D eigenvalue weighted by Gasteiger charge is 2.06. The zero-order chi connectivity index (χ0) is 15.5.